The van der Waals surface area contributed by atoms with Crippen molar-refractivity contribution in [3.05, 3.63) is 85.6 Å². The molecule has 2 aromatic carbocycles. The summed E-state index contributed by atoms with van der Waals surface area (Å²) in [5.74, 6) is -0.0609. The van der Waals surface area contributed by atoms with Crippen LogP contribution in [0.25, 0.3) is 15.8 Å². The predicted octanol–water partition coefficient (Wildman–Crippen LogP) is 7.03. The Hall–Kier alpha value is -2.45. The second-order valence-electron chi connectivity index (χ2n) is 7.49. The normalized spacial score (nSPS) is 17.6. The van der Waals surface area contributed by atoms with Gasteiger partial charge in [-0.25, -0.2) is 9.98 Å². The Morgan fingerprint density at radius 3 is 2.66 bits per heavy atom. The van der Waals surface area contributed by atoms with Crippen molar-refractivity contribution < 1.29 is 4.79 Å². The van der Waals surface area contributed by atoms with Crippen molar-refractivity contribution in [2.45, 2.75) is 19.1 Å². The fraction of sp³-hybridized carbons (Fsp3) is 0.125. The average molecular weight is 496 g/mol. The quantitative estimate of drug-likeness (QED) is 0.309. The van der Waals surface area contributed by atoms with E-state index in [2.05, 4.69) is 12.1 Å². The smallest absolute Gasteiger partial charge is 0.192 e. The molecule has 160 valence electrons. The number of halogens is 1. The molecule has 0 spiro atoms. The van der Waals surface area contributed by atoms with Crippen molar-refractivity contribution in [3.63, 3.8) is 0 Å². The third kappa shape index (κ3) is 3.90. The predicted molar refractivity (Wildman–Crippen MR) is 139 cm³/mol. The number of Topliss-reactive ketones (excluding diaryl/α,β-unsaturated/α-hetero) is 1. The molecule has 0 bridgehead atoms. The van der Waals surface area contributed by atoms with Crippen molar-refractivity contribution >= 4 is 78.3 Å². The molecule has 0 fully saturated rings. The van der Waals surface area contributed by atoms with E-state index in [0.717, 1.165) is 42.7 Å². The largest absolute Gasteiger partial charge is 0.400 e. The lowest BCUT2D eigenvalue weighted by Gasteiger charge is -2.07. The van der Waals surface area contributed by atoms with Gasteiger partial charge in [0.15, 0.2) is 5.78 Å². The first-order valence-electron chi connectivity index (χ1n) is 9.89. The molecule has 32 heavy (non-hydrogen) atoms. The first-order chi connectivity index (χ1) is 15.4. The van der Waals surface area contributed by atoms with Crippen LogP contribution >= 0.6 is 46.0 Å². The molecule has 5 rings (SSSR count). The number of rotatable bonds is 4. The van der Waals surface area contributed by atoms with Gasteiger partial charge in [-0.3, -0.25) is 4.79 Å². The van der Waals surface area contributed by atoms with Crippen LogP contribution in [0.15, 0.2) is 65.3 Å². The molecule has 3 heterocycles. The SMILES string of the molecule is Cc1ccc(C)c(N=C2S[C@@H](C(=O)c3ccc(Cl)s3)C(N)=C2c2nc3ccccc3s2)c1. The highest BCUT2D eigenvalue weighted by Gasteiger charge is 2.38. The van der Waals surface area contributed by atoms with Gasteiger partial charge in [-0.1, -0.05) is 47.6 Å². The fourth-order valence-electron chi connectivity index (χ4n) is 3.48. The Kier molecular flexibility index (Phi) is 5.67. The number of thiophene rings is 1. The molecule has 4 aromatic rings. The van der Waals surface area contributed by atoms with Crippen molar-refractivity contribution in [1.82, 2.24) is 4.98 Å². The number of thiazole rings is 1. The van der Waals surface area contributed by atoms with E-state index in [1.165, 1.54) is 23.1 Å². The summed E-state index contributed by atoms with van der Waals surface area (Å²) in [7, 11) is 0. The fourth-order valence-corrected chi connectivity index (χ4v) is 6.86. The number of benzene rings is 2. The van der Waals surface area contributed by atoms with Crippen molar-refractivity contribution in [2.24, 2.45) is 10.7 Å². The van der Waals surface area contributed by atoms with Crippen LogP contribution in [-0.4, -0.2) is 21.1 Å². The van der Waals surface area contributed by atoms with Gasteiger partial charge in [0.1, 0.15) is 15.3 Å². The highest BCUT2D eigenvalue weighted by Crippen LogP contribution is 2.43. The molecular weight excluding hydrogens is 478 g/mol. The number of nitrogens with two attached hydrogens (primary N) is 1. The highest BCUT2D eigenvalue weighted by atomic mass is 35.5. The van der Waals surface area contributed by atoms with Gasteiger partial charge in [-0.05, 0) is 55.3 Å². The second kappa shape index (κ2) is 8.48. The Bertz CT molecular complexity index is 1400. The zero-order valence-corrected chi connectivity index (χ0v) is 20.5. The molecule has 8 heteroatoms. The third-order valence-corrected chi connectivity index (χ3v) is 8.69. The maximum Gasteiger partial charge on any atom is 0.192 e. The van der Waals surface area contributed by atoms with E-state index in [0.29, 0.717) is 14.9 Å². The molecule has 2 aromatic heterocycles. The molecule has 0 radical (unpaired) electrons. The molecule has 1 aliphatic rings. The molecule has 0 amide bonds. The first-order valence-corrected chi connectivity index (χ1v) is 12.8. The summed E-state index contributed by atoms with van der Waals surface area (Å²) in [5.41, 5.74) is 11.8. The molecule has 0 unspecified atom stereocenters. The van der Waals surface area contributed by atoms with E-state index in [4.69, 9.17) is 27.3 Å². The number of ketones is 1. The highest BCUT2D eigenvalue weighted by molar-refractivity contribution is 8.16. The lowest BCUT2D eigenvalue weighted by molar-refractivity contribution is 0.100. The summed E-state index contributed by atoms with van der Waals surface area (Å²) < 4.78 is 1.65. The second-order valence-corrected chi connectivity index (χ2v) is 11.3. The lowest BCUT2D eigenvalue weighted by atomic mass is 10.1. The van der Waals surface area contributed by atoms with E-state index in [9.17, 15) is 4.79 Å². The summed E-state index contributed by atoms with van der Waals surface area (Å²) in [6, 6.07) is 17.6. The van der Waals surface area contributed by atoms with Gasteiger partial charge in [-0.15, -0.1) is 22.7 Å². The van der Waals surface area contributed by atoms with Crippen molar-refractivity contribution in [1.29, 1.82) is 0 Å². The van der Waals surface area contributed by atoms with Crippen LogP contribution < -0.4 is 5.73 Å². The summed E-state index contributed by atoms with van der Waals surface area (Å²) >= 11 is 10.3. The Labute approximate surface area is 202 Å². The van der Waals surface area contributed by atoms with Crippen LogP contribution in [0, 0.1) is 13.8 Å². The zero-order valence-electron chi connectivity index (χ0n) is 17.3. The van der Waals surface area contributed by atoms with E-state index < -0.39 is 5.25 Å². The van der Waals surface area contributed by atoms with Gasteiger partial charge in [0.05, 0.1) is 30.7 Å². The summed E-state index contributed by atoms with van der Waals surface area (Å²) in [5, 5.41) is 0.937. The molecule has 0 saturated heterocycles. The topological polar surface area (TPSA) is 68.3 Å². The van der Waals surface area contributed by atoms with Gasteiger partial charge in [0, 0.05) is 5.70 Å². The zero-order chi connectivity index (χ0) is 22.4. The number of para-hydroxylation sites is 1. The molecule has 2 N–H and O–H groups in total. The third-order valence-electron chi connectivity index (χ3n) is 5.16. The summed E-state index contributed by atoms with van der Waals surface area (Å²) in [4.78, 5) is 23.6. The number of carbonyl (C=O) groups is 1. The van der Waals surface area contributed by atoms with Gasteiger partial charge in [0.2, 0.25) is 0 Å². The number of thioether (sulfide) groups is 1. The summed E-state index contributed by atoms with van der Waals surface area (Å²) in [6.07, 6.45) is 0. The van der Waals surface area contributed by atoms with Crippen LogP contribution in [0.5, 0.6) is 0 Å². The van der Waals surface area contributed by atoms with Crippen LogP contribution in [0.3, 0.4) is 0 Å². The lowest BCUT2D eigenvalue weighted by Crippen LogP contribution is -2.21. The minimum atomic E-state index is -0.560. The Morgan fingerprint density at radius 1 is 1.09 bits per heavy atom. The molecule has 0 saturated carbocycles. The van der Waals surface area contributed by atoms with Gasteiger partial charge < -0.3 is 5.73 Å². The number of nitrogens with zero attached hydrogens (tertiary/aromatic N) is 2. The van der Waals surface area contributed by atoms with E-state index in [-0.39, 0.29) is 5.78 Å². The van der Waals surface area contributed by atoms with Crippen LogP contribution in [-0.2, 0) is 0 Å². The van der Waals surface area contributed by atoms with Crippen LogP contribution in [0.2, 0.25) is 4.34 Å². The van der Waals surface area contributed by atoms with Gasteiger partial charge >= 0.3 is 0 Å². The summed E-state index contributed by atoms with van der Waals surface area (Å²) in [6.45, 7) is 4.07. The van der Waals surface area contributed by atoms with E-state index >= 15 is 0 Å². The molecule has 1 atom stereocenters. The number of aromatic nitrogens is 1. The number of hydrogen-bond acceptors (Lipinski definition) is 7. The standard InChI is InChI=1S/C24H18ClN3OS3/c1-12-7-8-13(2)15(11-12)28-24-19(23-27-14-5-3-4-6-16(14)31-23)20(26)22(32-24)21(29)17-9-10-18(25)30-17/h3-11,22H,26H2,1-2H3/t22-/m1/s1. The Balaban J connectivity index is 1.65. The molecule has 1 aliphatic heterocycles. The monoisotopic (exact) mass is 495 g/mol. The minimum absolute atomic E-state index is 0.0609. The first kappa shape index (κ1) is 21.4. The van der Waals surface area contributed by atoms with E-state index in [1.54, 1.807) is 23.5 Å². The number of aryl methyl sites for hydroxylation is 2. The van der Waals surface area contributed by atoms with Crippen molar-refractivity contribution in [2.75, 3.05) is 0 Å². The molecular formula is C24H18ClN3OS3. The van der Waals surface area contributed by atoms with E-state index in [1.807, 2.05) is 44.2 Å². The maximum absolute atomic E-state index is 13.3. The molecule has 0 aliphatic carbocycles. The minimum Gasteiger partial charge on any atom is -0.400 e. The number of carbonyl (C=O) groups excluding carboxylic acids is 1. The van der Waals surface area contributed by atoms with Crippen LogP contribution in [0.4, 0.5) is 5.69 Å². The van der Waals surface area contributed by atoms with Crippen LogP contribution in [0.1, 0.15) is 25.8 Å². The number of aliphatic imine (C=N–C) groups is 1. The number of fused-ring (bicyclic) bond motifs is 1. The number of hydrogen-bond donors (Lipinski definition) is 1. The molecule has 4 nitrogen and oxygen atoms in total. The van der Waals surface area contributed by atoms with Crippen molar-refractivity contribution in [3.8, 4) is 0 Å². The average Bonchev–Trinajstić information content (AvgIpc) is 3.47. The van der Waals surface area contributed by atoms with Gasteiger partial charge in [0.25, 0.3) is 0 Å². The maximum atomic E-state index is 13.3. The van der Waals surface area contributed by atoms with Gasteiger partial charge in [-0.2, -0.15) is 0 Å². The Morgan fingerprint density at radius 2 is 1.91 bits per heavy atom.